The zero-order valence-electron chi connectivity index (χ0n) is 16.2. The fourth-order valence-electron chi connectivity index (χ4n) is 3.37. The molecular weight excluding hydrogens is 372 g/mol. The van der Waals surface area contributed by atoms with Gasteiger partial charge in [-0.05, 0) is 24.1 Å². The highest BCUT2D eigenvalue weighted by molar-refractivity contribution is 6.64. The molecule has 1 saturated heterocycles. The number of hydrogen-bond donors (Lipinski definition) is 0. The summed E-state index contributed by atoms with van der Waals surface area (Å²) in [7, 11) is -0.578. The Morgan fingerprint density at radius 1 is 1.32 bits per heavy atom. The third kappa shape index (κ3) is 4.19. The molecule has 2 aliphatic rings. The normalized spacial score (nSPS) is 18.0. The molecule has 1 aromatic carbocycles. The molecule has 1 radical (unpaired) electrons. The van der Waals surface area contributed by atoms with Gasteiger partial charge in [0.15, 0.2) is 0 Å². The van der Waals surface area contributed by atoms with Gasteiger partial charge < -0.3 is 14.2 Å². The summed E-state index contributed by atoms with van der Waals surface area (Å²) in [5.74, 6) is 3.59. The van der Waals surface area contributed by atoms with E-state index in [1.807, 2.05) is 18.2 Å². The van der Waals surface area contributed by atoms with Crippen molar-refractivity contribution in [2.75, 3.05) is 26.4 Å². The first-order valence-electron chi connectivity index (χ1n) is 9.49. The van der Waals surface area contributed by atoms with Crippen LogP contribution in [0.2, 0.25) is 13.1 Å². The highest BCUT2D eigenvalue weighted by Gasteiger charge is 2.20. The van der Waals surface area contributed by atoms with Crippen LogP contribution in [0.5, 0.6) is 5.88 Å². The molecule has 1 unspecified atom stereocenters. The smallest absolute Gasteiger partial charge is 0.351 e. The van der Waals surface area contributed by atoms with Crippen LogP contribution in [0.25, 0.3) is 11.3 Å². The number of benzene rings is 1. The Morgan fingerprint density at radius 3 is 3.00 bits per heavy atom. The van der Waals surface area contributed by atoms with E-state index in [1.54, 1.807) is 4.57 Å². The van der Waals surface area contributed by atoms with Crippen molar-refractivity contribution in [2.45, 2.75) is 32.2 Å². The number of aryl methyl sites for hydroxylation is 1. The van der Waals surface area contributed by atoms with Crippen molar-refractivity contribution < 1.29 is 14.2 Å². The molecule has 4 rings (SSSR count). The maximum atomic E-state index is 12.5. The average molecular weight is 396 g/mol. The SMILES string of the molecule is C[Si](C)C#Cc1ccc2c(c1)CCn1c-2cc(OCC2COCCO2)nc1=O. The largest absolute Gasteiger partial charge is 0.475 e. The van der Waals surface area contributed by atoms with Crippen LogP contribution in [0.15, 0.2) is 29.1 Å². The molecule has 0 amide bonds. The third-order valence-corrected chi connectivity index (χ3v) is 5.36. The standard InChI is InChI=1S/C21H23N2O4Si/c1-28(2)10-6-15-3-4-18-16(11-15)5-7-23-19(18)12-20(22-21(23)24)27-14-17-13-25-8-9-26-17/h3-4,11-12,17H,5,7-9,13-14H2,1-2H3. The molecule has 145 valence electrons. The average Bonchev–Trinajstić information content (AvgIpc) is 2.71. The Balaban J connectivity index is 1.60. The van der Waals surface area contributed by atoms with E-state index in [2.05, 4.69) is 35.6 Å². The van der Waals surface area contributed by atoms with E-state index in [0.29, 0.717) is 38.9 Å². The lowest BCUT2D eigenvalue weighted by atomic mass is 9.96. The van der Waals surface area contributed by atoms with Crippen LogP contribution in [0.4, 0.5) is 0 Å². The number of ether oxygens (including phenoxy) is 3. The summed E-state index contributed by atoms with van der Waals surface area (Å²) in [6, 6.07) is 8.04. The minimum atomic E-state index is -0.578. The van der Waals surface area contributed by atoms with Crippen LogP contribution in [-0.4, -0.2) is 50.9 Å². The Kier molecular flexibility index (Phi) is 5.62. The predicted molar refractivity (Wildman–Crippen MR) is 108 cm³/mol. The lowest BCUT2D eigenvalue weighted by molar-refractivity contribution is -0.102. The van der Waals surface area contributed by atoms with Gasteiger partial charge in [-0.2, -0.15) is 4.98 Å². The van der Waals surface area contributed by atoms with Gasteiger partial charge in [0.1, 0.15) is 21.5 Å². The van der Waals surface area contributed by atoms with E-state index >= 15 is 0 Å². The lowest BCUT2D eigenvalue weighted by Crippen LogP contribution is -2.34. The first kappa shape index (κ1) is 18.9. The van der Waals surface area contributed by atoms with Crippen LogP contribution in [0.1, 0.15) is 11.1 Å². The van der Waals surface area contributed by atoms with Crippen LogP contribution in [-0.2, 0) is 22.4 Å². The summed E-state index contributed by atoms with van der Waals surface area (Å²) in [4.78, 5) is 16.6. The van der Waals surface area contributed by atoms with Crippen molar-refractivity contribution >= 4 is 8.80 Å². The molecule has 7 heteroatoms. The quantitative estimate of drug-likeness (QED) is 0.587. The molecule has 0 bridgehead atoms. The second kappa shape index (κ2) is 8.31. The van der Waals surface area contributed by atoms with E-state index < -0.39 is 8.80 Å². The molecule has 1 fully saturated rings. The molecule has 1 aromatic heterocycles. The molecule has 0 aliphatic carbocycles. The molecule has 28 heavy (non-hydrogen) atoms. The molecular formula is C21H23N2O4Si. The predicted octanol–water partition coefficient (Wildman–Crippen LogP) is 1.91. The zero-order valence-corrected chi connectivity index (χ0v) is 17.2. The Labute approximate surface area is 166 Å². The van der Waals surface area contributed by atoms with E-state index in [1.165, 1.54) is 5.56 Å². The van der Waals surface area contributed by atoms with Crippen molar-refractivity contribution in [3.05, 3.63) is 45.9 Å². The topological polar surface area (TPSA) is 62.6 Å². The van der Waals surface area contributed by atoms with E-state index in [0.717, 1.165) is 23.2 Å². The van der Waals surface area contributed by atoms with E-state index in [9.17, 15) is 4.79 Å². The zero-order chi connectivity index (χ0) is 19.5. The van der Waals surface area contributed by atoms with Gasteiger partial charge in [0.2, 0.25) is 5.88 Å². The number of aromatic nitrogens is 2. The van der Waals surface area contributed by atoms with Crippen molar-refractivity contribution in [3.63, 3.8) is 0 Å². The van der Waals surface area contributed by atoms with Crippen LogP contribution >= 0.6 is 0 Å². The molecule has 2 aromatic rings. The minimum absolute atomic E-state index is 0.133. The summed E-state index contributed by atoms with van der Waals surface area (Å²) < 4.78 is 18.4. The van der Waals surface area contributed by atoms with E-state index in [4.69, 9.17) is 14.2 Å². The molecule has 1 atom stereocenters. The van der Waals surface area contributed by atoms with Gasteiger partial charge in [0.25, 0.3) is 0 Å². The number of nitrogens with zero attached hydrogens (tertiary/aromatic N) is 2. The van der Waals surface area contributed by atoms with Gasteiger partial charge in [-0.1, -0.05) is 25.1 Å². The van der Waals surface area contributed by atoms with Gasteiger partial charge >= 0.3 is 5.69 Å². The van der Waals surface area contributed by atoms with Crippen molar-refractivity contribution in [1.29, 1.82) is 0 Å². The molecule has 2 aliphatic heterocycles. The Bertz CT molecular complexity index is 984. The molecule has 0 saturated carbocycles. The van der Waals surface area contributed by atoms with E-state index in [-0.39, 0.29) is 11.8 Å². The maximum Gasteiger partial charge on any atom is 0.351 e. The van der Waals surface area contributed by atoms with Gasteiger partial charge in [0, 0.05) is 23.7 Å². The van der Waals surface area contributed by atoms with Crippen LogP contribution in [0, 0.1) is 11.5 Å². The summed E-state index contributed by atoms with van der Waals surface area (Å²) >= 11 is 0. The molecule has 6 nitrogen and oxygen atoms in total. The second-order valence-corrected chi connectivity index (χ2v) is 9.41. The molecule has 3 heterocycles. The fraction of sp³-hybridized carbons (Fsp3) is 0.429. The fourth-order valence-corrected chi connectivity index (χ4v) is 3.76. The number of rotatable bonds is 3. The number of hydrogen-bond acceptors (Lipinski definition) is 5. The first-order valence-corrected chi connectivity index (χ1v) is 12.0. The van der Waals surface area contributed by atoms with Crippen molar-refractivity contribution in [2.24, 2.45) is 0 Å². The highest BCUT2D eigenvalue weighted by Crippen LogP contribution is 2.30. The van der Waals surface area contributed by atoms with Crippen molar-refractivity contribution in [1.82, 2.24) is 9.55 Å². The summed E-state index contributed by atoms with van der Waals surface area (Å²) in [6.45, 7) is 6.95. The summed E-state index contributed by atoms with van der Waals surface area (Å²) in [5.41, 5.74) is 7.12. The van der Waals surface area contributed by atoms with Crippen LogP contribution in [0.3, 0.4) is 0 Å². The van der Waals surface area contributed by atoms with Gasteiger partial charge in [-0.25, -0.2) is 4.79 Å². The number of fused-ring (bicyclic) bond motifs is 3. The van der Waals surface area contributed by atoms with Gasteiger partial charge in [-0.15, -0.1) is 5.54 Å². The van der Waals surface area contributed by atoms with Crippen molar-refractivity contribution in [3.8, 4) is 28.6 Å². The third-order valence-electron chi connectivity index (χ3n) is 4.73. The van der Waals surface area contributed by atoms with Gasteiger partial charge in [-0.3, -0.25) is 4.57 Å². The summed E-state index contributed by atoms with van der Waals surface area (Å²) in [5, 5.41) is 0. The molecule has 0 spiro atoms. The maximum absolute atomic E-state index is 12.5. The minimum Gasteiger partial charge on any atom is -0.475 e. The Morgan fingerprint density at radius 2 is 2.21 bits per heavy atom. The monoisotopic (exact) mass is 395 g/mol. The first-order chi connectivity index (χ1) is 13.6. The lowest BCUT2D eigenvalue weighted by Gasteiger charge is -2.24. The highest BCUT2D eigenvalue weighted by atomic mass is 28.3. The molecule has 0 N–H and O–H groups in total. The second-order valence-electron chi connectivity index (χ2n) is 7.16. The summed E-state index contributed by atoms with van der Waals surface area (Å²) in [6.07, 6.45) is 0.662. The van der Waals surface area contributed by atoms with Crippen LogP contribution < -0.4 is 10.4 Å². The Hall–Kier alpha value is -2.40. The van der Waals surface area contributed by atoms with Gasteiger partial charge in [0.05, 0.1) is 25.5 Å².